The van der Waals surface area contributed by atoms with Crippen molar-refractivity contribution in [3.05, 3.63) is 18.0 Å². The van der Waals surface area contributed by atoms with E-state index in [-0.39, 0.29) is 5.56 Å². The fourth-order valence-electron chi connectivity index (χ4n) is 1.31. The zero-order valence-corrected chi connectivity index (χ0v) is 8.52. The van der Waals surface area contributed by atoms with Crippen LogP contribution in [0.3, 0.4) is 0 Å². The molecule has 1 heterocycles. The second-order valence-corrected chi connectivity index (χ2v) is 3.29. The van der Waals surface area contributed by atoms with Crippen molar-refractivity contribution in [1.29, 1.82) is 0 Å². The Balaban J connectivity index is 3.08. The maximum atomic E-state index is 13.1. The predicted molar refractivity (Wildman–Crippen MR) is 46.0 cm³/mol. The van der Waals surface area contributed by atoms with Crippen LogP contribution in [0.1, 0.15) is 11.6 Å². The molecule has 1 atom stereocenters. The van der Waals surface area contributed by atoms with Crippen molar-refractivity contribution >= 4 is 0 Å². The van der Waals surface area contributed by atoms with Crippen molar-refractivity contribution < 1.29 is 22.0 Å². The third-order valence-corrected chi connectivity index (χ3v) is 2.09. The Morgan fingerprint density at radius 2 is 1.88 bits per heavy atom. The molecule has 0 spiro atoms. The fraction of sp³-hybridized carbons (Fsp3) is 0.625. The van der Waals surface area contributed by atoms with Gasteiger partial charge in [-0.25, -0.2) is 0 Å². The molecule has 0 saturated heterocycles. The van der Waals surface area contributed by atoms with Gasteiger partial charge in [0.05, 0.1) is 6.20 Å². The molecular weight excluding hydrogens is 233 g/mol. The zero-order chi connectivity index (χ0) is 12.6. The number of aromatic nitrogens is 2. The van der Waals surface area contributed by atoms with Gasteiger partial charge in [-0.05, 0) is 7.05 Å². The molecule has 0 radical (unpaired) electrons. The van der Waals surface area contributed by atoms with Crippen molar-refractivity contribution in [2.75, 3.05) is 7.05 Å². The SMILES string of the molecule is CNC(c1cnn(C)c1)C(F)(F)C(F)(F)F. The fourth-order valence-corrected chi connectivity index (χ4v) is 1.31. The second-order valence-electron chi connectivity index (χ2n) is 3.29. The van der Waals surface area contributed by atoms with Crippen LogP contribution in [0.25, 0.3) is 0 Å². The number of rotatable bonds is 3. The second kappa shape index (κ2) is 4.00. The minimum atomic E-state index is -5.60. The molecule has 0 aliphatic rings. The molecule has 0 aliphatic heterocycles. The van der Waals surface area contributed by atoms with Crippen molar-refractivity contribution in [1.82, 2.24) is 15.1 Å². The van der Waals surface area contributed by atoms with Crippen LogP contribution in [0.4, 0.5) is 22.0 Å². The Kier molecular flexibility index (Phi) is 3.22. The summed E-state index contributed by atoms with van der Waals surface area (Å²) in [4.78, 5) is 0. The van der Waals surface area contributed by atoms with Gasteiger partial charge in [-0.3, -0.25) is 4.68 Å². The molecular formula is C8H10F5N3. The highest BCUT2D eigenvalue weighted by molar-refractivity contribution is 5.15. The topological polar surface area (TPSA) is 29.9 Å². The molecule has 0 fully saturated rings. The van der Waals surface area contributed by atoms with E-state index in [9.17, 15) is 22.0 Å². The first kappa shape index (κ1) is 12.9. The summed E-state index contributed by atoms with van der Waals surface area (Å²) < 4.78 is 63.7. The summed E-state index contributed by atoms with van der Waals surface area (Å²) in [6.07, 6.45) is -3.52. The lowest BCUT2D eigenvalue weighted by atomic mass is 10.0. The summed E-state index contributed by atoms with van der Waals surface area (Å²) in [6, 6.07) is -2.14. The molecule has 0 aromatic carbocycles. The lowest BCUT2D eigenvalue weighted by Crippen LogP contribution is -2.46. The van der Waals surface area contributed by atoms with Crippen molar-refractivity contribution in [3.63, 3.8) is 0 Å². The normalized spacial score (nSPS) is 15.2. The molecule has 0 amide bonds. The molecule has 8 heteroatoms. The predicted octanol–water partition coefficient (Wildman–Crippen LogP) is 1.88. The smallest absolute Gasteiger partial charge is 0.308 e. The number of hydrogen-bond acceptors (Lipinski definition) is 2. The maximum Gasteiger partial charge on any atom is 0.455 e. The van der Waals surface area contributed by atoms with Gasteiger partial charge in [-0.1, -0.05) is 0 Å². The van der Waals surface area contributed by atoms with E-state index in [2.05, 4.69) is 5.10 Å². The molecule has 1 aromatic rings. The molecule has 1 rings (SSSR count). The van der Waals surface area contributed by atoms with E-state index in [0.717, 1.165) is 24.1 Å². The van der Waals surface area contributed by atoms with Gasteiger partial charge >= 0.3 is 12.1 Å². The number of alkyl halides is 5. The van der Waals surface area contributed by atoms with Crippen LogP contribution >= 0.6 is 0 Å². The molecule has 3 nitrogen and oxygen atoms in total. The highest BCUT2D eigenvalue weighted by Crippen LogP contribution is 2.44. The van der Waals surface area contributed by atoms with Gasteiger partial charge in [0.2, 0.25) is 0 Å². The number of aryl methyl sites for hydroxylation is 1. The van der Waals surface area contributed by atoms with Crippen LogP contribution in [0.15, 0.2) is 12.4 Å². The monoisotopic (exact) mass is 243 g/mol. The Morgan fingerprint density at radius 1 is 1.31 bits per heavy atom. The average Bonchev–Trinajstić information content (AvgIpc) is 2.50. The Hall–Kier alpha value is -1.18. The Morgan fingerprint density at radius 3 is 2.19 bits per heavy atom. The number of nitrogens with zero attached hydrogens (tertiary/aromatic N) is 2. The zero-order valence-electron chi connectivity index (χ0n) is 8.52. The summed E-state index contributed by atoms with van der Waals surface area (Å²) in [5.74, 6) is -4.84. The van der Waals surface area contributed by atoms with Crippen LogP contribution in [0, 0.1) is 0 Å². The van der Waals surface area contributed by atoms with Crippen LogP contribution in [-0.2, 0) is 7.05 Å². The van der Waals surface area contributed by atoms with Gasteiger partial charge in [0.1, 0.15) is 6.04 Å². The van der Waals surface area contributed by atoms with E-state index in [1.807, 2.05) is 5.32 Å². The van der Waals surface area contributed by atoms with E-state index in [0.29, 0.717) is 0 Å². The molecule has 1 unspecified atom stereocenters. The molecule has 0 aliphatic carbocycles. The summed E-state index contributed by atoms with van der Waals surface area (Å²) in [5.41, 5.74) is -0.215. The highest BCUT2D eigenvalue weighted by atomic mass is 19.4. The van der Waals surface area contributed by atoms with Crippen LogP contribution in [0.2, 0.25) is 0 Å². The van der Waals surface area contributed by atoms with E-state index in [4.69, 9.17) is 0 Å². The van der Waals surface area contributed by atoms with Gasteiger partial charge in [-0.15, -0.1) is 0 Å². The molecule has 1 aromatic heterocycles. The Labute approximate surface area is 88.2 Å². The van der Waals surface area contributed by atoms with Gasteiger partial charge in [-0.2, -0.15) is 27.1 Å². The summed E-state index contributed by atoms with van der Waals surface area (Å²) in [6.45, 7) is 0. The first-order valence-electron chi connectivity index (χ1n) is 4.30. The van der Waals surface area contributed by atoms with Crippen molar-refractivity contribution in [2.24, 2.45) is 7.05 Å². The summed E-state index contributed by atoms with van der Waals surface area (Å²) in [5, 5.41) is 5.51. The largest absolute Gasteiger partial charge is 0.455 e. The lowest BCUT2D eigenvalue weighted by Gasteiger charge is -2.27. The number of nitrogens with one attached hydrogen (secondary N) is 1. The minimum absolute atomic E-state index is 0.215. The van der Waals surface area contributed by atoms with Gasteiger partial charge in [0, 0.05) is 18.8 Å². The van der Waals surface area contributed by atoms with Crippen molar-refractivity contribution in [3.8, 4) is 0 Å². The van der Waals surface area contributed by atoms with Gasteiger partial charge < -0.3 is 5.32 Å². The third kappa shape index (κ3) is 2.16. The van der Waals surface area contributed by atoms with Crippen LogP contribution in [0.5, 0.6) is 0 Å². The minimum Gasteiger partial charge on any atom is -0.308 e. The highest BCUT2D eigenvalue weighted by Gasteiger charge is 2.62. The summed E-state index contributed by atoms with van der Waals surface area (Å²) >= 11 is 0. The van der Waals surface area contributed by atoms with E-state index in [1.165, 1.54) is 7.05 Å². The van der Waals surface area contributed by atoms with Gasteiger partial charge in [0.25, 0.3) is 0 Å². The maximum absolute atomic E-state index is 13.1. The Bertz CT molecular complexity index is 357. The van der Waals surface area contributed by atoms with E-state index >= 15 is 0 Å². The lowest BCUT2D eigenvalue weighted by molar-refractivity contribution is -0.293. The molecule has 92 valence electrons. The number of hydrogen-bond donors (Lipinski definition) is 1. The van der Waals surface area contributed by atoms with Crippen molar-refractivity contribution in [2.45, 2.75) is 18.1 Å². The first-order chi connectivity index (χ1) is 7.20. The quantitative estimate of drug-likeness (QED) is 0.821. The van der Waals surface area contributed by atoms with Crippen LogP contribution in [-0.4, -0.2) is 28.9 Å². The first-order valence-corrected chi connectivity index (χ1v) is 4.30. The standard InChI is InChI=1S/C8H10F5N3/c1-14-6(5-3-15-16(2)4-5)7(9,10)8(11,12)13/h3-4,6,14H,1-2H3. The average molecular weight is 243 g/mol. The third-order valence-electron chi connectivity index (χ3n) is 2.09. The molecule has 1 N–H and O–H groups in total. The van der Waals surface area contributed by atoms with E-state index < -0.39 is 18.1 Å². The molecule has 16 heavy (non-hydrogen) atoms. The van der Waals surface area contributed by atoms with Gasteiger partial charge in [0.15, 0.2) is 0 Å². The number of halogens is 5. The molecule has 0 bridgehead atoms. The summed E-state index contributed by atoms with van der Waals surface area (Å²) in [7, 11) is 2.47. The molecule has 0 saturated carbocycles. The van der Waals surface area contributed by atoms with Crippen LogP contribution < -0.4 is 5.32 Å². The van der Waals surface area contributed by atoms with E-state index in [1.54, 1.807) is 0 Å².